The Morgan fingerprint density at radius 2 is 1.94 bits per heavy atom. The lowest BCUT2D eigenvalue weighted by atomic mass is 10.1. The van der Waals surface area contributed by atoms with Crippen LogP contribution in [0.25, 0.3) is 0 Å². The number of carbonyl (C=O) groups excluding carboxylic acids is 2. The van der Waals surface area contributed by atoms with Crippen molar-refractivity contribution in [2.24, 2.45) is 0 Å². The summed E-state index contributed by atoms with van der Waals surface area (Å²) < 4.78 is 12.9. The van der Waals surface area contributed by atoms with Crippen LogP contribution in [0.15, 0.2) is 22.7 Å². The van der Waals surface area contributed by atoms with Crippen molar-refractivity contribution in [1.82, 2.24) is 0 Å². The maximum Gasteiger partial charge on any atom is 0.372 e. The van der Waals surface area contributed by atoms with E-state index in [-0.39, 0.29) is 10.0 Å². The number of ketones is 2. The third kappa shape index (κ3) is 2.96. The Bertz CT molecular complexity index is 470. The maximum atomic E-state index is 12.7. The lowest BCUT2D eigenvalue weighted by Crippen LogP contribution is -2.17. The number of aliphatic carboxylic acids is 1. The SMILES string of the molecule is O=C(O)C(=O)CC(=O)c1ccc(F)cc1Br. The highest BCUT2D eigenvalue weighted by molar-refractivity contribution is 9.10. The zero-order valence-electron chi connectivity index (χ0n) is 7.87. The van der Waals surface area contributed by atoms with Gasteiger partial charge in [-0.3, -0.25) is 9.59 Å². The smallest absolute Gasteiger partial charge is 0.372 e. The lowest BCUT2D eigenvalue weighted by Gasteiger charge is -2.01. The predicted octanol–water partition coefficient (Wildman–Crippen LogP) is 1.81. The maximum absolute atomic E-state index is 12.7. The highest BCUT2D eigenvalue weighted by Gasteiger charge is 2.19. The number of rotatable bonds is 4. The minimum Gasteiger partial charge on any atom is -0.475 e. The summed E-state index contributed by atoms with van der Waals surface area (Å²) in [5.74, 6) is -4.06. The van der Waals surface area contributed by atoms with E-state index in [0.29, 0.717) is 0 Å². The number of hydrogen-bond acceptors (Lipinski definition) is 3. The van der Waals surface area contributed by atoms with Crippen molar-refractivity contribution in [1.29, 1.82) is 0 Å². The van der Waals surface area contributed by atoms with Gasteiger partial charge in [0.2, 0.25) is 5.78 Å². The van der Waals surface area contributed by atoms with E-state index in [0.717, 1.165) is 12.1 Å². The van der Waals surface area contributed by atoms with Crippen LogP contribution >= 0.6 is 15.9 Å². The molecule has 0 aromatic heterocycles. The van der Waals surface area contributed by atoms with Crippen LogP contribution in [-0.2, 0) is 9.59 Å². The van der Waals surface area contributed by atoms with Gasteiger partial charge in [0.15, 0.2) is 5.78 Å². The molecule has 0 heterocycles. The van der Waals surface area contributed by atoms with Gasteiger partial charge < -0.3 is 5.11 Å². The van der Waals surface area contributed by atoms with Crippen LogP contribution in [0, 0.1) is 5.82 Å². The number of Topliss-reactive ketones (excluding diaryl/α,β-unsaturated/α-hetero) is 2. The lowest BCUT2D eigenvalue weighted by molar-refractivity contribution is -0.148. The first-order chi connectivity index (χ1) is 7.41. The molecule has 0 aliphatic rings. The molecule has 0 saturated carbocycles. The number of benzene rings is 1. The van der Waals surface area contributed by atoms with Crippen molar-refractivity contribution in [3.8, 4) is 0 Å². The van der Waals surface area contributed by atoms with Crippen molar-refractivity contribution in [2.75, 3.05) is 0 Å². The fourth-order valence-electron chi connectivity index (χ4n) is 1.03. The average Bonchev–Trinajstić information content (AvgIpc) is 2.16. The Morgan fingerprint density at radius 1 is 1.31 bits per heavy atom. The Balaban J connectivity index is 2.89. The zero-order chi connectivity index (χ0) is 12.3. The molecule has 0 saturated heterocycles. The van der Waals surface area contributed by atoms with E-state index in [1.54, 1.807) is 0 Å². The van der Waals surface area contributed by atoms with Gasteiger partial charge in [-0.15, -0.1) is 0 Å². The summed E-state index contributed by atoms with van der Waals surface area (Å²) in [6.45, 7) is 0. The Morgan fingerprint density at radius 3 is 2.44 bits per heavy atom. The van der Waals surface area contributed by atoms with Gasteiger partial charge in [-0.25, -0.2) is 9.18 Å². The molecule has 4 nitrogen and oxygen atoms in total. The van der Waals surface area contributed by atoms with Crippen LogP contribution in [0.5, 0.6) is 0 Å². The van der Waals surface area contributed by atoms with Gasteiger partial charge in [-0.1, -0.05) is 0 Å². The fourth-order valence-corrected chi connectivity index (χ4v) is 1.60. The van der Waals surface area contributed by atoms with E-state index in [4.69, 9.17) is 5.11 Å². The number of carbonyl (C=O) groups is 3. The van der Waals surface area contributed by atoms with Crippen molar-refractivity contribution >= 4 is 33.5 Å². The summed E-state index contributed by atoms with van der Waals surface area (Å²) >= 11 is 2.96. The molecule has 84 valence electrons. The van der Waals surface area contributed by atoms with Crippen LogP contribution in [0.3, 0.4) is 0 Å². The van der Waals surface area contributed by atoms with Gasteiger partial charge >= 0.3 is 5.97 Å². The first-order valence-electron chi connectivity index (χ1n) is 4.16. The van der Waals surface area contributed by atoms with Gasteiger partial charge in [0.1, 0.15) is 5.82 Å². The molecule has 0 aliphatic heterocycles. The molecule has 0 bridgehead atoms. The zero-order valence-corrected chi connectivity index (χ0v) is 9.45. The number of carboxylic acid groups (broad SMARTS) is 1. The van der Waals surface area contributed by atoms with Crippen molar-refractivity contribution < 1.29 is 23.9 Å². The number of halogens is 2. The van der Waals surface area contributed by atoms with Crippen LogP contribution in [-0.4, -0.2) is 22.6 Å². The molecule has 0 atom stereocenters. The second-order valence-electron chi connectivity index (χ2n) is 2.95. The predicted molar refractivity (Wildman–Crippen MR) is 55.7 cm³/mol. The molecule has 1 rings (SSSR count). The molecule has 0 fully saturated rings. The largest absolute Gasteiger partial charge is 0.475 e. The molecule has 1 aromatic rings. The highest BCUT2D eigenvalue weighted by Crippen LogP contribution is 2.19. The summed E-state index contributed by atoms with van der Waals surface area (Å²) in [6.07, 6.45) is -0.737. The Hall–Kier alpha value is -1.56. The molecular weight excluding hydrogens is 283 g/mol. The summed E-state index contributed by atoms with van der Waals surface area (Å²) in [5.41, 5.74) is 0.0796. The molecule has 1 N–H and O–H groups in total. The van der Waals surface area contributed by atoms with E-state index in [1.165, 1.54) is 6.07 Å². The van der Waals surface area contributed by atoms with Gasteiger partial charge in [0.05, 0.1) is 6.42 Å². The quantitative estimate of drug-likeness (QED) is 0.521. The molecule has 0 aliphatic carbocycles. The molecule has 0 unspecified atom stereocenters. The minimum atomic E-state index is -1.66. The van der Waals surface area contributed by atoms with Crippen LogP contribution < -0.4 is 0 Å². The van der Waals surface area contributed by atoms with E-state index < -0.39 is 29.8 Å². The van der Waals surface area contributed by atoms with Gasteiger partial charge in [-0.2, -0.15) is 0 Å². The highest BCUT2D eigenvalue weighted by atomic mass is 79.9. The van der Waals surface area contributed by atoms with Gasteiger partial charge in [-0.05, 0) is 34.1 Å². The summed E-state index contributed by atoms with van der Waals surface area (Å²) in [5, 5.41) is 8.32. The summed E-state index contributed by atoms with van der Waals surface area (Å²) in [7, 11) is 0. The molecule has 0 amide bonds. The van der Waals surface area contributed by atoms with E-state index >= 15 is 0 Å². The van der Waals surface area contributed by atoms with Crippen LogP contribution in [0.4, 0.5) is 4.39 Å². The molecular formula is C10H6BrFO4. The molecule has 6 heteroatoms. The van der Waals surface area contributed by atoms with E-state index in [1.807, 2.05) is 0 Å². The Kier molecular flexibility index (Phi) is 3.89. The Labute approximate surface area is 98.2 Å². The van der Waals surface area contributed by atoms with Gasteiger partial charge in [0.25, 0.3) is 0 Å². The van der Waals surface area contributed by atoms with Crippen LogP contribution in [0.2, 0.25) is 0 Å². The summed E-state index contributed by atoms with van der Waals surface area (Å²) in [6, 6.07) is 3.32. The van der Waals surface area contributed by atoms with E-state index in [9.17, 15) is 18.8 Å². The molecule has 0 spiro atoms. The topological polar surface area (TPSA) is 71.4 Å². The standard InChI is InChI=1S/C10H6BrFO4/c11-7-3-5(12)1-2-6(7)8(13)4-9(14)10(15)16/h1-3H,4H2,(H,15,16). The van der Waals surface area contributed by atoms with Crippen molar-refractivity contribution in [3.63, 3.8) is 0 Å². The summed E-state index contributed by atoms with van der Waals surface area (Å²) in [4.78, 5) is 32.5. The fraction of sp³-hybridized carbons (Fsp3) is 0.100. The molecule has 1 aromatic carbocycles. The second kappa shape index (κ2) is 4.98. The molecule has 0 radical (unpaired) electrons. The average molecular weight is 289 g/mol. The number of carboxylic acids is 1. The third-order valence-electron chi connectivity index (χ3n) is 1.79. The first kappa shape index (κ1) is 12.5. The van der Waals surface area contributed by atoms with Crippen molar-refractivity contribution in [2.45, 2.75) is 6.42 Å². The van der Waals surface area contributed by atoms with Gasteiger partial charge in [0, 0.05) is 10.0 Å². The van der Waals surface area contributed by atoms with Crippen LogP contribution in [0.1, 0.15) is 16.8 Å². The number of hydrogen-bond donors (Lipinski definition) is 1. The third-order valence-corrected chi connectivity index (χ3v) is 2.45. The molecule has 16 heavy (non-hydrogen) atoms. The first-order valence-corrected chi connectivity index (χ1v) is 4.95. The normalized spacial score (nSPS) is 9.88. The van der Waals surface area contributed by atoms with Crippen molar-refractivity contribution in [3.05, 3.63) is 34.1 Å². The monoisotopic (exact) mass is 288 g/mol. The minimum absolute atomic E-state index is 0.0796. The van der Waals surface area contributed by atoms with E-state index in [2.05, 4.69) is 15.9 Å². The second-order valence-corrected chi connectivity index (χ2v) is 3.81.